The summed E-state index contributed by atoms with van der Waals surface area (Å²) in [5, 5.41) is 10.6. The van der Waals surface area contributed by atoms with Crippen LogP contribution in [0.25, 0.3) is 0 Å². The molecule has 0 amide bonds. The van der Waals surface area contributed by atoms with Crippen LogP contribution < -0.4 is 5.73 Å². The van der Waals surface area contributed by atoms with Gasteiger partial charge in [0, 0.05) is 12.5 Å². The summed E-state index contributed by atoms with van der Waals surface area (Å²) in [6.07, 6.45) is -0.809. The number of aryl methyl sites for hydroxylation is 2. The standard InChI is InChI=1S/C17H20FNO/c1-11-5-3-4-6-14(11)16(10-19)17(20)15-9-13(18)8-7-12(15)2/h3-9,16-17,20H,10,19H2,1-2H3. The summed E-state index contributed by atoms with van der Waals surface area (Å²) in [5.74, 6) is -0.582. The summed E-state index contributed by atoms with van der Waals surface area (Å²) in [7, 11) is 0. The Balaban J connectivity index is 2.41. The highest BCUT2D eigenvalue weighted by molar-refractivity contribution is 5.35. The van der Waals surface area contributed by atoms with Gasteiger partial charge in [-0.2, -0.15) is 0 Å². The van der Waals surface area contributed by atoms with E-state index < -0.39 is 6.10 Å². The average molecular weight is 273 g/mol. The molecule has 2 nitrogen and oxygen atoms in total. The van der Waals surface area contributed by atoms with Crippen molar-refractivity contribution in [3.63, 3.8) is 0 Å². The van der Waals surface area contributed by atoms with Crippen LogP contribution in [0.2, 0.25) is 0 Å². The van der Waals surface area contributed by atoms with E-state index in [1.807, 2.05) is 38.1 Å². The number of benzene rings is 2. The van der Waals surface area contributed by atoms with Gasteiger partial charge in [0.05, 0.1) is 6.10 Å². The van der Waals surface area contributed by atoms with E-state index in [2.05, 4.69) is 0 Å². The van der Waals surface area contributed by atoms with Gasteiger partial charge < -0.3 is 10.8 Å². The van der Waals surface area contributed by atoms with Crippen molar-refractivity contribution >= 4 is 0 Å². The van der Waals surface area contributed by atoms with Crippen LogP contribution in [-0.2, 0) is 0 Å². The number of rotatable bonds is 4. The van der Waals surface area contributed by atoms with Crippen LogP contribution in [0.5, 0.6) is 0 Å². The van der Waals surface area contributed by atoms with Gasteiger partial charge in [-0.15, -0.1) is 0 Å². The van der Waals surface area contributed by atoms with E-state index in [0.29, 0.717) is 12.1 Å². The Hall–Kier alpha value is -1.71. The van der Waals surface area contributed by atoms with Gasteiger partial charge in [-0.1, -0.05) is 30.3 Å². The molecule has 2 aromatic rings. The van der Waals surface area contributed by atoms with E-state index in [0.717, 1.165) is 16.7 Å². The molecule has 3 heteroatoms. The molecule has 2 aromatic carbocycles. The summed E-state index contributed by atoms with van der Waals surface area (Å²) in [5.41, 5.74) is 9.40. The second-order valence-corrected chi connectivity index (χ2v) is 5.14. The van der Waals surface area contributed by atoms with Crippen molar-refractivity contribution in [1.29, 1.82) is 0 Å². The number of aliphatic hydroxyl groups excluding tert-OH is 1. The summed E-state index contributed by atoms with van der Waals surface area (Å²) in [4.78, 5) is 0. The Labute approximate surface area is 119 Å². The predicted molar refractivity (Wildman–Crippen MR) is 79.1 cm³/mol. The van der Waals surface area contributed by atoms with E-state index >= 15 is 0 Å². The molecule has 20 heavy (non-hydrogen) atoms. The fourth-order valence-electron chi connectivity index (χ4n) is 2.58. The number of hydrogen-bond acceptors (Lipinski definition) is 2. The van der Waals surface area contributed by atoms with Crippen LogP contribution in [0, 0.1) is 19.7 Å². The fourth-order valence-corrected chi connectivity index (χ4v) is 2.58. The predicted octanol–water partition coefficient (Wildman–Crippen LogP) is 3.22. The van der Waals surface area contributed by atoms with Gasteiger partial charge in [0.15, 0.2) is 0 Å². The second kappa shape index (κ2) is 6.16. The van der Waals surface area contributed by atoms with Gasteiger partial charge in [0.1, 0.15) is 5.82 Å². The zero-order valence-electron chi connectivity index (χ0n) is 11.8. The Bertz CT molecular complexity index is 597. The SMILES string of the molecule is Cc1ccc(F)cc1C(O)C(CN)c1ccccc1C. The molecule has 0 heterocycles. The second-order valence-electron chi connectivity index (χ2n) is 5.14. The molecule has 2 unspecified atom stereocenters. The van der Waals surface area contributed by atoms with Gasteiger partial charge in [-0.05, 0) is 48.2 Å². The molecule has 0 aromatic heterocycles. The lowest BCUT2D eigenvalue weighted by Crippen LogP contribution is -2.21. The van der Waals surface area contributed by atoms with Gasteiger partial charge in [0.25, 0.3) is 0 Å². The molecule has 0 fully saturated rings. The molecule has 0 saturated carbocycles. The molecule has 0 saturated heterocycles. The van der Waals surface area contributed by atoms with Crippen LogP contribution in [0.15, 0.2) is 42.5 Å². The molecular weight excluding hydrogens is 253 g/mol. The maximum atomic E-state index is 13.4. The lowest BCUT2D eigenvalue weighted by atomic mass is 9.85. The third kappa shape index (κ3) is 2.89. The van der Waals surface area contributed by atoms with E-state index in [-0.39, 0.29) is 11.7 Å². The van der Waals surface area contributed by atoms with Crippen LogP contribution in [0.4, 0.5) is 4.39 Å². The van der Waals surface area contributed by atoms with Gasteiger partial charge >= 0.3 is 0 Å². The summed E-state index contributed by atoms with van der Waals surface area (Å²) in [6, 6.07) is 12.3. The lowest BCUT2D eigenvalue weighted by molar-refractivity contribution is 0.146. The summed E-state index contributed by atoms with van der Waals surface area (Å²) >= 11 is 0. The zero-order chi connectivity index (χ0) is 14.7. The first kappa shape index (κ1) is 14.7. The quantitative estimate of drug-likeness (QED) is 0.898. The minimum atomic E-state index is -0.809. The minimum absolute atomic E-state index is 0.239. The molecule has 106 valence electrons. The largest absolute Gasteiger partial charge is 0.388 e. The van der Waals surface area contributed by atoms with Crippen molar-refractivity contribution in [2.24, 2.45) is 5.73 Å². The normalized spacial score (nSPS) is 14.1. The van der Waals surface area contributed by atoms with Crippen LogP contribution in [0.1, 0.15) is 34.3 Å². The van der Waals surface area contributed by atoms with Crippen molar-refractivity contribution in [1.82, 2.24) is 0 Å². The van der Waals surface area contributed by atoms with Crippen molar-refractivity contribution in [3.8, 4) is 0 Å². The molecule has 2 rings (SSSR count). The first-order valence-corrected chi connectivity index (χ1v) is 6.74. The molecule has 3 N–H and O–H groups in total. The van der Waals surface area contributed by atoms with Crippen molar-refractivity contribution in [2.45, 2.75) is 25.9 Å². The number of aliphatic hydroxyl groups is 1. The third-order valence-corrected chi connectivity index (χ3v) is 3.78. The summed E-state index contributed by atoms with van der Waals surface area (Å²) in [6.45, 7) is 4.16. The van der Waals surface area contributed by atoms with E-state index in [1.165, 1.54) is 12.1 Å². The maximum Gasteiger partial charge on any atom is 0.123 e. The monoisotopic (exact) mass is 273 g/mol. The van der Waals surface area contributed by atoms with Crippen molar-refractivity contribution in [3.05, 3.63) is 70.5 Å². The van der Waals surface area contributed by atoms with Crippen LogP contribution in [0.3, 0.4) is 0 Å². The topological polar surface area (TPSA) is 46.2 Å². The molecule has 2 atom stereocenters. The summed E-state index contributed by atoms with van der Waals surface area (Å²) < 4.78 is 13.4. The molecule has 0 aliphatic carbocycles. The Morgan fingerprint density at radius 2 is 1.70 bits per heavy atom. The van der Waals surface area contributed by atoms with Crippen LogP contribution in [-0.4, -0.2) is 11.7 Å². The Morgan fingerprint density at radius 1 is 1.05 bits per heavy atom. The maximum absolute atomic E-state index is 13.4. The highest BCUT2D eigenvalue weighted by atomic mass is 19.1. The van der Waals surface area contributed by atoms with Gasteiger partial charge in [0.2, 0.25) is 0 Å². The van der Waals surface area contributed by atoms with E-state index in [4.69, 9.17) is 5.73 Å². The Kier molecular flexibility index (Phi) is 4.53. The zero-order valence-corrected chi connectivity index (χ0v) is 11.8. The molecule has 0 spiro atoms. The van der Waals surface area contributed by atoms with Crippen molar-refractivity contribution < 1.29 is 9.50 Å². The number of halogens is 1. The fraction of sp³-hybridized carbons (Fsp3) is 0.294. The smallest absolute Gasteiger partial charge is 0.123 e. The minimum Gasteiger partial charge on any atom is -0.388 e. The number of nitrogens with two attached hydrogens (primary N) is 1. The Morgan fingerprint density at radius 3 is 2.35 bits per heavy atom. The van der Waals surface area contributed by atoms with Crippen LogP contribution >= 0.6 is 0 Å². The highest BCUT2D eigenvalue weighted by Gasteiger charge is 2.24. The van der Waals surface area contributed by atoms with Crippen molar-refractivity contribution in [2.75, 3.05) is 6.54 Å². The van der Waals surface area contributed by atoms with Gasteiger partial charge in [-0.3, -0.25) is 0 Å². The van der Waals surface area contributed by atoms with E-state index in [9.17, 15) is 9.50 Å². The van der Waals surface area contributed by atoms with Gasteiger partial charge in [-0.25, -0.2) is 4.39 Å². The molecular formula is C17H20FNO. The molecule has 0 aliphatic rings. The number of hydrogen-bond donors (Lipinski definition) is 2. The first-order valence-electron chi connectivity index (χ1n) is 6.74. The average Bonchev–Trinajstić information content (AvgIpc) is 2.44. The van der Waals surface area contributed by atoms with E-state index in [1.54, 1.807) is 6.07 Å². The first-order chi connectivity index (χ1) is 9.54. The molecule has 0 bridgehead atoms. The molecule has 0 aliphatic heterocycles. The third-order valence-electron chi connectivity index (χ3n) is 3.78. The molecule has 0 radical (unpaired) electrons. The highest BCUT2D eigenvalue weighted by Crippen LogP contribution is 2.33. The lowest BCUT2D eigenvalue weighted by Gasteiger charge is -2.25.